The van der Waals surface area contributed by atoms with Crippen LogP contribution in [-0.2, 0) is 0 Å². The molecular formula is C28H27N3O2. The Bertz CT molecular complexity index is 1220. The Morgan fingerprint density at radius 2 is 1.55 bits per heavy atom. The van der Waals surface area contributed by atoms with Crippen LogP contribution in [-0.4, -0.2) is 42.8 Å². The quantitative estimate of drug-likeness (QED) is 0.552. The number of nitriles is 1. The van der Waals surface area contributed by atoms with E-state index in [0.29, 0.717) is 41.9 Å². The highest BCUT2D eigenvalue weighted by Crippen LogP contribution is 2.21. The van der Waals surface area contributed by atoms with Crippen LogP contribution in [0, 0.1) is 25.2 Å². The van der Waals surface area contributed by atoms with Crippen molar-refractivity contribution in [1.82, 2.24) is 4.90 Å². The topological polar surface area (TPSA) is 64.4 Å². The first kappa shape index (κ1) is 22.3. The molecule has 166 valence electrons. The molecule has 1 heterocycles. The van der Waals surface area contributed by atoms with Gasteiger partial charge in [0, 0.05) is 43.0 Å². The van der Waals surface area contributed by atoms with Crippen LogP contribution in [0.15, 0.2) is 66.7 Å². The number of anilines is 1. The Morgan fingerprint density at radius 1 is 0.818 bits per heavy atom. The number of hydrogen-bond donors (Lipinski definition) is 0. The van der Waals surface area contributed by atoms with E-state index in [2.05, 4.69) is 11.0 Å². The van der Waals surface area contributed by atoms with Crippen molar-refractivity contribution in [1.29, 1.82) is 5.26 Å². The Labute approximate surface area is 194 Å². The molecule has 0 unspecified atom stereocenters. The second-order valence-corrected chi connectivity index (χ2v) is 8.47. The monoisotopic (exact) mass is 437 g/mol. The molecule has 5 heteroatoms. The van der Waals surface area contributed by atoms with E-state index in [9.17, 15) is 9.59 Å². The predicted molar refractivity (Wildman–Crippen MR) is 130 cm³/mol. The summed E-state index contributed by atoms with van der Waals surface area (Å²) in [5, 5.41) is 9.02. The van der Waals surface area contributed by atoms with Crippen molar-refractivity contribution >= 4 is 17.4 Å². The zero-order chi connectivity index (χ0) is 23.4. The summed E-state index contributed by atoms with van der Waals surface area (Å²) in [7, 11) is 0. The van der Waals surface area contributed by atoms with Crippen LogP contribution in [0.2, 0.25) is 0 Å². The Balaban J connectivity index is 1.53. The molecule has 0 aliphatic carbocycles. The molecule has 0 N–H and O–H groups in total. The van der Waals surface area contributed by atoms with Crippen molar-refractivity contribution in [3.8, 4) is 6.07 Å². The average Bonchev–Trinajstić information content (AvgIpc) is 3.11. The van der Waals surface area contributed by atoms with E-state index in [1.807, 2.05) is 67.3 Å². The molecule has 1 saturated heterocycles. The summed E-state index contributed by atoms with van der Waals surface area (Å²) in [4.78, 5) is 30.8. The predicted octanol–water partition coefficient (Wildman–Crippen LogP) is 4.76. The normalized spacial score (nSPS) is 13.8. The number of carbonyl (C=O) groups excluding carboxylic acids is 2. The van der Waals surface area contributed by atoms with E-state index < -0.39 is 0 Å². The lowest BCUT2D eigenvalue weighted by atomic mass is 9.95. The molecule has 3 aromatic carbocycles. The fraction of sp³-hybridized carbons (Fsp3) is 0.250. The minimum absolute atomic E-state index is 0.107. The van der Waals surface area contributed by atoms with Crippen molar-refractivity contribution < 1.29 is 9.59 Å². The fourth-order valence-corrected chi connectivity index (χ4v) is 4.20. The van der Waals surface area contributed by atoms with Crippen molar-refractivity contribution in [3.05, 3.63) is 100 Å². The highest BCUT2D eigenvalue weighted by molar-refractivity contribution is 6.15. The molecule has 0 aromatic heterocycles. The van der Waals surface area contributed by atoms with Crippen LogP contribution >= 0.6 is 0 Å². The van der Waals surface area contributed by atoms with Crippen molar-refractivity contribution in [2.75, 3.05) is 31.1 Å². The second-order valence-electron chi connectivity index (χ2n) is 8.47. The molecule has 0 spiro atoms. The first-order valence-corrected chi connectivity index (χ1v) is 11.2. The Hall–Kier alpha value is -3.91. The van der Waals surface area contributed by atoms with E-state index in [0.717, 1.165) is 29.8 Å². The largest absolute Gasteiger partial charge is 0.370 e. The number of rotatable bonds is 4. The lowest BCUT2D eigenvalue weighted by Gasteiger charge is -2.24. The average molecular weight is 438 g/mol. The van der Waals surface area contributed by atoms with Gasteiger partial charge in [0.1, 0.15) is 0 Å². The summed E-state index contributed by atoms with van der Waals surface area (Å²) >= 11 is 0. The van der Waals surface area contributed by atoms with Crippen molar-refractivity contribution in [3.63, 3.8) is 0 Å². The second kappa shape index (κ2) is 9.70. The van der Waals surface area contributed by atoms with E-state index in [4.69, 9.17) is 5.26 Å². The number of ketones is 1. The molecule has 3 aromatic rings. The summed E-state index contributed by atoms with van der Waals surface area (Å²) in [6, 6.07) is 22.4. The molecule has 33 heavy (non-hydrogen) atoms. The number of amides is 1. The van der Waals surface area contributed by atoms with Crippen LogP contribution in [0.3, 0.4) is 0 Å². The minimum atomic E-state index is -0.129. The Kier molecular flexibility index (Phi) is 6.55. The molecule has 0 saturated carbocycles. The highest BCUT2D eigenvalue weighted by Gasteiger charge is 2.25. The molecular weight excluding hydrogens is 410 g/mol. The van der Waals surface area contributed by atoms with E-state index >= 15 is 0 Å². The number of nitrogens with zero attached hydrogens (tertiary/aromatic N) is 3. The Morgan fingerprint density at radius 3 is 2.24 bits per heavy atom. The van der Waals surface area contributed by atoms with Crippen molar-refractivity contribution in [2.45, 2.75) is 20.3 Å². The first-order valence-electron chi connectivity index (χ1n) is 11.2. The summed E-state index contributed by atoms with van der Waals surface area (Å²) < 4.78 is 0. The number of carbonyl (C=O) groups is 2. The number of benzene rings is 3. The third-order valence-corrected chi connectivity index (χ3v) is 6.32. The SMILES string of the molecule is Cc1ccc(C(=O)c2ccccc2C(=O)N2CCCN(c3ccc(C#N)cc3)CC2)cc1C. The van der Waals surface area contributed by atoms with Gasteiger partial charge in [-0.3, -0.25) is 9.59 Å². The molecule has 0 bridgehead atoms. The molecule has 5 nitrogen and oxygen atoms in total. The molecule has 1 amide bonds. The third kappa shape index (κ3) is 4.80. The van der Waals surface area contributed by atoms with E-state index in [1.54, 1.807) is 18.2 Å². The lowest BCUT2D eigenvalue weighted by Crippen LogP contribution is -2.36. The van der Waals surface area contributed by atoms with Crippen LogP contribution in [0.4, 0.5) is 5.69 Å². The lowest BCUT2D eigenvalue weighted by molar-refractivity contribution is 0.0762. The van der Waals surface area contributed by atoms with Gasteiger partial charge in [-0.1, -0.05) is 30.3 Å². The molecule has 0 radical (unpaired) electrons. The van der Waals surface area contributed by atoms with Gasteiger partial charge in [0.2, 0.25) is 0 Å². The minimum Gasteiger partial charge on any atom is -0.370 e. The van der Waals surface area contributed by atoms with E-state index in [1.165, 1.54) is 0 Å². The van der Waals surface area contributed by atoms with Gasteiger partial charge in [-0.15, -0.1) is 0 Å². The van der Waals surface area contributed by atoms with Crippen molar-refractivity contribution in [2.24, 2.45) is 0 Å². The van der Waals surface area contributed by atoms with Gasteiger partial charge in [0.15, 0.2) is 5.78 Å². The smallest absolute Gasteiger partial charge is 0.254 e. The van der Waals surface area contributed by atoms with Gasteiger partial charge in [-0.05, 0) is 67.8 Å². The van der Waals surface area contributed by atoms with Gasteiger partial charge in [0.05, 0.1) is 17.2 Å². The molecule has 1 aliphatic rings. The molecule has 1 aliphatic heterocycles. The van der Waals surface area contributed by atoms with E-state index in [-0.39, 0.29) is 11.7 Å². The first-order chi connectivity index (χ1) is 16.0. The maximum atomic E-state index is 13.5. The number of aryl methyl sites for hydroxylation is 2. The summed E-state index contributed by atoms with van der Waals surface area (Å²) in [6.07, 6.45) is 0.832. The van der Waals surface area contributed by atoms with Crippen LogP contribution < -0.4 is 4.90 Å². The maximum absolute atomic E-state index is 13.5. The zero-order valence-corrected chi connectivity index (χ0v) is 19.0. The molecule has 4 rings (SSSR count). The maximum Gasteiger partial charge on any atom is 0.254 e. The van der Waals surface area contributed by atoms with Crippen LogP contribution in [0.1, 0.15) is 49.4 Å². The van der Waals surface area contributed by atoms with Gasteiger partial charge < -0.3 is 9.80 Å². The summed E-state index contributed by atoms with van der Waals surface area (Å²) in [5.41, 5.74) is 5.36. The number of hydrogen-bond acceptors (Lipinski definition) is 4. The molecule has 0 atom stereocenters. The zero-order valence-electron chi connectivity index (χ0n) is 19.0. The molecule has 1 fully saturated rings. The third-order valence-electron chi connectivity index (χ3n) is 6.32. The standard InChI is InChI=1S/C28H27N3O2/c1-20-8-11-23(18-21(20)2)27(32)25-6-3-4-7-26(25)28(33)31-15-5-14-30(16-17-31)24-12-9-22(19-29)10-13-24/h3-4,6-13,18H,5,14-17H2,1-2H3. The van der Waals surface area contributed by atoms with Crippen LogP contribution in [0.25, 0.3) is 0 Å². The van der Waals surface area contributed by atoms with Gasteiger partial charge in [-0.25, -0.2) is 0 Å². The van der Waals surface area contributed by atoms with Gasteiger partial charge >= 0.3 is 0 Å². The van der Waals surface area contributed by atoms with Gasteiger partial charge in [0.25, 0.3) is 5.91 Å². The van der Waals surface area contributed by atoms with Gasteiger partial charge in [-0.2, -0.15) is 5.26 Å². The summed E-state index contributed by atoms with van der Waals surface area (Å²) in [6.45, 7) is 6.74. The summed E-state index contributed by atoms with van der Waals surface area (Å²) in [5.74, 6) is -0.236. The fourth-order valence-electron chi connectivity index (χ4n) is 4.20. The highest BCUT2D eigenvalue weighted by atomic mass is 16.2. The van der Waals surface area contributed by atoms with Crippen LogP contribution in [0.5, 0.6) is 0 Å².